The fourth-order valence-electron chi connectivity index (χ4n) is 3.25. The zero-order valence-electron chi connectivity index (χ0n) is 16.3. The number of hydrogen-bond acceptors (Lipinski definition) is 5. The molecule has 1 aliphatic rings. The van der Waals surface area contributed by atoms with Gasteiger partial charge in [0.15, 0.2) is 5.76 Å². The lowest BCUT2D eigenvalue weighted by molar-refractivity contribution is 0.0731. The van der Waals surface area contributed by atoms with Crippen LogP contribution in [0.5, 0.6) is 17.2 Å². The quantitative estimate of drug-likeness (QED) is 0.349. The molecule has 0 N–H and O–H groups in total. The number of halogens is 1. The van der Waals surface area contributed by atoms with E-state index in [9.17, 15) is 14.0 Å². The molecule has 5 nitrogen and oxygen atoms in total. The molecule has 0 fully saturated rings. The summed E-state index contributed by atoms with van der Waals surface area (Å²) in [6.07, 6.45) is 1.36. The predicted octanol–water partition coefficient (Wildman–Crippen LogP) is 4.98. The molecule has 1 heterocycles. The number of ether oxygens (including phenoxy) is 3. The number of para-hydroxylation sites is 1. The second-order valence-corrected chi connectivity index (χ2v) is 6.66. The molecule has 0 aromatic heterocycles. The van der Waals surface area contributed by atoms with Crippen LogP contribution in [-0.2, 0) is 0 Å². The summed E-state index contributed by atoms with van der Waals surface area (Å²) >= 11 is 0. The molecule has 0 bridgehead atoms. The number of carbonyl (C=O) groups excluding carboxylic acids is 2. The summed E-state index contributed by atoms with van der Waals surface area (Å²) in [5.74, 6) is -0.534. The van der Waals surface area contributed by atoms with Crippen molar-refractivity contribution in [3.63, 3.8) is 0 Å². The van der Waals surface area contributed by atoms with Crippen molar-refractivity contribution in [3.05, 3.63) is 94.5 Å². The molecule has 3 aromatic rings. The summed E-state index contributed by atoms with van der Waals surface area (Å²) in [7, 11) is 1.47. The van der Waals surface area contributed by atoms with Gasteiger partial charge in [-0.3, -0.25) is 4.79 Å². The SMILES string of the molecule is COc1ccccc1C(=O)Oc1cc(C)c2c(c1)O/C(=C\c1ccccc1F)C2=O. The van der Waals surface area contributed by atoms with Crippen molar-refractivity contribution in [2.75, 3.05) is 7.11 Å². The molecule has 0 saturated heterocycles. The molecule has 0 aliphatic carbocycles. The first-order valence-electron chi connectivity index (χ1n) is 9.16. The van der Waals surface area contributed by atoms with Gasteiger partial charge in [0, 0.05) is 11.6 Å². The van der Waals surface area contributed by atoms with Crippen LogP contribution >= 0.6 is 0 Å². The van der Waals surface area contributed by atoms with Crippen molar-refractivity contribution in [2.24, 2.45) is 0 Å². The number of hydrogen-bond donors (Lipinski definition) is 0. The van der Waals surface area contributed by atoms with Crippen LogP contribution in [0.4, 0.5) is 4.39 Å². The highest BCUT2D eigenvalue weighted by Gasteiger charge is 2.30. The topological polar surface area (TPSA) is 61.8 Å². The number of allylic oxidation sites excluding steroid dienone is 1. The number of carbonyl (C=O) groups is 2. The molecule has 1 aliphatic heterocycles. The third-order valence-electron chi connectivity index (χ3n) is 4.67. The minimum atomic E-state index is -0.599. The monoisotopic (exact) mass is 404 g/mol. The molecular weight excluding hydrogens is 387 g/mol. The van der Waals surface area contributed by atoms with Gasteiger partial charge in [0.2, 0.25) is 5.78 Å². The number of methoxy groups -OCH3 is 1. The van der Waals surface area contributed by atoms with Crippen LogP contribution in [0.2, 0.25) is 0 Å². The van der Waals surface area contributed by atoms with E-state index in [2.05, 4.69) is 0 Å². The minimum absolute atomic E-state index is 0.00593. The summed E-state index contributed by atoms with van der Waals surface area (Å²) in [4.78, 5) is 25.3. The molecule has 0 amide bonds. The normalized spacial score (nSPS) is 13.7. The predicted molar refractivity (Wildman–Crippen MR) is 108 cm³/mol. The third-order valence-corrected chi connectivity index (χ3v) is 4.67. The summed E-state index contributed by atoms with van der Waals surface area (Å²) < 4.78 is 30.2. The molecule has 3 aromatic carbocycles. The van der Waals surface area contributed by atoms with Crippen LogP contribution in [-0.4, -0.2) is 18.9 Å². The van der Waals surface area contributed by atoms with Gasteiger partial charge in [-0.25, -0.2) is 9.18 Å². The van der Waals surface area contributed by atoms with Crippen molar-refractivity contribution in [1.82, 2.24) is 0 Å². The van der Waals surface area contributed by atoms with Crippen molar-refractivity contribution < 1.29 is 28.2 Å². The van der Waals surface area contributed by atoms with Gasteiger partial charge < -0.3 is 14.2 Å². The number of esters is 1. The van der Waals surface area contributed by atoms with E-state index >= 15 is 0 Å². The van der Waals surface area contributed by atoms with E-state index in [1.54, 1.807) is 55.5 Å². The van der Waals surface area contributed by atoms with Crippen molar-refractivity contribution in [2.45, 2.75) is 6.92 Å². The lowest BCUT2D eigenvalue weighted by Gasteiger charge is -2.10. The molecule has 150 valence electrons. The highest BCUT2D eigenvalue weighted by atomic mass is 19.1. The second kappa shape index (κ2) is 7.83. The molecule has 0 radical (unpaired) electrons. The van der Waals surface area contributed by atoms with E-state index in [0.29, 0.717) is 16.9 Å². The molecule has 0 unspecified atom stereocenters. The van der Waals surface area contributed by atoms with Crippen molar-refractivity contribution in [3.8, 4) is 17.2 Å². The van der Waals surface area contributed by atoms with Gasteiger partial charge >= 0.3 is 5.97 Å². The van der Waals surface area contributed by atoms with Gasteiger partial charge in [-0.15, -0.1) is 0 Å². The smallest absolute Gasteiger partial charge is 0.347 e. The lowest BCUT2D eigenvalue weighted by Crippen LogP contribution is -2.10. The Labute approximate surface area is 172 Å². The van der Waals surface area contributed by atoms with E-state index in [0.717, 1.165) is 0 Å². The highest BCUT2D eigenvalue weighted by molar-refractivity contribution is 6.15. The summed E-state index contributed by atoms with van der Waals surface area (Å²) in [6, 6.07) is 15.8. The van der Waals surface area contributed by atoms with Gasteiger partial charge in [0.1, 0.15) is 28.6 Å². The van der Waals surface area contributed by atoms with E-state index < -0.39 is 11.8 Å². The van der Waals surface area contributed by atoms with Crippen molar-refractivity contribution >= 4 is 17.8 Å². The number of aryl methyl sites for hydroxylation is 1. The molecule has 0 saturated carbocycles. The first kappa shape index (κ1) is 19.4. The van der Waals surface area contributed by atoms with Crippen LogP contribution in [0, 0.1) is 12.7 Å². The number of rotatable bonds is 4. The zero-order chi connectivity index (χ0) is 21.3. The Balaban J connectivity index is 1.63. The Bertz CT molecular complexity index is 1200. The van der Waals surface area contributed by atoms with Gasteiger partial charge in [-0.2, -0.15) is 0 Å². The zero-order valence-corrected chi connectivity index (χ0v) is 16.3. The Morgan fingerprint density at radius 2 is 1.80 bits per heavy atom. The fraction of sp³-hybridized carbons (Fsp3) is 0.0833. The number of benzene rings is 3. The maximum atomic E-state index is 13.9. The molecule has 4 rings (SSSR count). The summed E-state index contributed by atoms with van der Waals surface area (Å²) in [5.41, 5.74) is 1.45. The fourth-order valence-corrected chi connectivity index (χ4v) is 3.25. The molecule has 30 heavy (non-hydrogen) atoms. The van der Waals surface area contributed by atoms with E-state index in [1.165, 1.54) is 25.3 Å². The Kier molecular flexibility index (Phi) is 5.06. The maximum Gasteiger partial charge on any atom is 0.347 e. The van der Waals surface area contributed by atoms with E-state index in [4.69, 9.17) is 14.2 Å². The molecular formula is C24H17FO5. The maximum absolute atomic E-state index is 13.9. The second-order valence-electron chi connectivity index (χ2n) is 6.66. The standard InChI is InChI=1S/C24H17FO5/c1-14-11-16(29-24(27)17-8-4-6-10-19(17)28-2)13-20-22(14)23(26)21(30-20)12-15-7-3-5-9-18(15)25/h3-13H,1-2H3/b21-12-. The average molecular weight is 404 g/mol. The Morgan fingerprint density at radius 1 is 1.07 bits per heavy atom. The number of ketones is 1. The summed E-state index contributed by atoms with van der Waals surface area (Å²) in [6.45, 7) is 1.71. The molecule has 0 spiro atoms. The lowest BCUT2D eigenvalue weighted by atomic mass is 10.0. The van der Waals surface area contributed by atoms with Gasteiger partial charge in [-0.1, -0.05) is 30.3 Å². The van der Waals surface area contributed by atoms with Crippen LogP contribution in [0.3, 0.4) is 0 Å². The average Bonchev–Trinajstić information content (AvgIpc) is 3.05. The van der Waals surface area contributed by atoms with E-state index in [1.807, 2.05) is 0 Å². The van der Waals surface area contributed by atoms with Crippen LogP contribution < -0.4 is 14.2 Å². The molecule has 6 heteroatoms. The van der Waals surface area contributed by atoms with Gasteiger partial charge in [0.05, 0.1) is 12.7 Å². The minimum Gasteiger partial charge on any atom is -0.496 e. The molecule has 0 atom stereocenters. The van der Waals surface area contributed by atoms with Crippen LogP contribution in [0.1, 0.15) is 31.8 Å². The van der Waals surface area contributed by atoms with Gasteiger partial charge in [-0.05, 0) is 42.8 Å². The first-order chi connectivity index (χ1) is 14.5. The van der Waals surface area contributed by atoms with Gasteiger partial charge in [0.25, 0.3) is 0 Å². The number of Topliss-reactive ketones (excluding diaryl/α,β-unsaturated/α-hetero) is 1. The number of fused-ring (bicyclic) bond motifs is 1. The van der Waals surface area contributed by atoms with Crippen molar-refractivity contribution in [1.29, 1.82) is 0 Å². The Morgan fingerprint density at radius 3 is 2.57 bits per heavy atom. The third kappa shape index (κ3) is 3.55. The van der Waals surface area contributed by atoms with E-state index in [-0.39, 0.29) is 34.2 Å². The summed E-state index contributed by atoms with van der Waals surface area (Å²) in [5, 5.41) is 0. The van der Waals surface area contributed by atoms with Crippen LogP contribution in [0.25, 0.3) is 6.08 Å². The first-order valence-corrected chi connectivity index (χ1v) is 9.16. The highest BCUT2D eigenvalue weighted by Crippen LogP contribution is 2.38. The Hall–Kier alpha value is -3.93. The van der Waals surface area contributed by atoms with Crippen LogP contribution in [0.15, 0.2) is 66.4 Å². The largest absolute Gasteiger partial charge is 0.496 e.